The van der Waals surface area contributed by atoms with Gasteiger partial charge in [-0.1, -0.05) is 11.7 Å². The van der Waals surface area contributed by atoms with Gasteiger partial charge in [0.1, 0.15) is 0 Å². The molecule has 0 atom stereocenters. The van der Waals surface area contributed by atoms with E-state index in [-0.39, 0.29) is 0 Å². The Morgan fingerprint density at radius 3 is 2.60 bits per heavy atom. The summed E-state index contributed by atoms with van der Waals surface area (Å²) in [6.07, 6.45) is 1.28. The number of hydrogen-bond donors (Lipinski definition) is 1. The molecule has 0 rings (SSSR count). The van der Waals surface area contributed by atoms with Crippen LogP contribution in [0.25, 0.3) is 0 Å². The highest BCUT2D eigenvalue weighted by molar-refractivity contribution is 8.68. The van der Waals surface area contributed by atoms with E-state index in [4.69, 9.17) is 4.79 Å². The Bertz CT molecular complexity index is 56.7. The minimum atomic E-state index is 0.797. The smallest absolute Gasteiger partial charge is 0.210 e. The monoisotopic (exact) mass is 107 g/mol. The van der Waals surface area contributed by atoms with E-state index in [0.717, 1.165) is 11.0 Å². The molecule has 0 aliphatic carbocycles. The van der Waals surface area contributed by atoms with Crippen molar-refractivity contribution in [2.75, 3.05) is 0 Å². The van der Waals surface area contributed by atoms with Crippen molar-refractivity contribution in [1.82, 2.24) is 0 Å². The van der Waals surface area contributed by atoms with Crippen molar-refractivity contribution in [3.8, 4) is 0 Å². The highest BCUT2D eigenvalue weighted by atomic mass is 33.1. The van der Waals surface area contributed by atoms with Crippen molar-refractivity contribution in [1.29, 1.82) is 0 Å². The van der Waals surface area contributed by atoms with Gasteiger partial charge < -0.3 is 0 Å². The molecule has 0 fully saturated rings. The Balaban J connectivity index is 2.93. The second-order valence-electron chi connectivity index (χ2n) is 0.264. The van der Waals surface area contributed by atoms with Crippen LogP contribution >= 0.6 is 22.6 Å². The van der Waals surface area contributed by atoms with Crippen LogP contribution < -0.4 is 0 Å². The Morgan fingerprint density at radius 2 is 2.60 bits per heavy atom. The fourth-order valence-electron chi connectivity index (χ4n) is 0.0167. The van der Waals surface area contributed by atoms with E-state index in [9.17, 15) is 0 Å². The first kappa shape index (κ1) is 5.08. The summed E-state index contributed by atoms with van der Waals surface area (Å²) in [6.45, 7) is 0. The lowest BCUT2D eigenvalue weighted by molar-refractivity contribution is 0.566. The molecule has 4 heteroatoms. The number of rotatable bonds is 1. The van der Waals surface area contributed by atoms with Crippen LogP contribution in [0.1, 0.15) is 0 Å². The maximum Gasteiger partial charge on any atom is 0.248 e. The summed E-state index contributed by atoms with van der Waals surface area (Å²) in [7, 11) is 0.797. The van der Waals surface area contributed by atoms with E-state index in [1.807, 2.05) is 0 Å². The Morgan fingerprint density at radius 1 is 2.00 bits per heavy atom. The van der Waals surface area contributed by atoms with Crippen LogP contribution in [0.15, 0.2) is 4.40 Å². The largest absolute Gasteiger partial charge is 0.248 e. The van der Waals surface area contributed by atoms with Gasteiger partial charge in [-0.15, -0.1) is 4.40 Å². The summed E-state index contributed by atoms with van der Waals surface area (Å²) in [5, 5.41) is 0. The van der Waals surface area contributed by atoms with Crippen molar-refractivity contribution in [2.24, 2.45) is 4.40 Å². The van der Waals surface area contributed by atoms with Crippen LogP contribution in [0.3, 0.4) is 0 Å². The van der Waals surface area contributed by atoms with Crippen LogP contribution in [0.2, 0.25) is 0 Å². The van der Waals surface area contributed by atoms with Crippen LogP contribution in [0.4, 0.5) is 0 Å². The van der Waals surface area contributed by atoms with E-state index in [1.54, 1.807) is 0 Å². The van der Waals surface area contributed by atoms with Gasteiger partial charge in [-0.25, -0.2) is 4.79 Å². The molecule has 28 valence electrons. The van der Waals surface area contributed by atoms with Crippen LogP contribution in [0.5, 0.6) is 0 Å². The lowest BCUT2D eigenvalue weighted by Gasteiger charge is -1.55. The summed E-state index contributed by atoms with van der Waals surface area (Å²) in [5.74, 6) is 0. The van der Waals surface area contributed by atoms with Gasteiger partial charge in [0.05, 0.1) is 11.0 Å². The molecule has 0 heterocycles. The van der Waals surface area contributed by atoms with Crippen molar-refractivity contribution < 1.29 is 4.79 Å². The number of hydrogen-bond acceptors (Lipinski definition) is 4. The van der Waals surface area contributed by atoms with Gasteiger partial charge in [-0.2, -0.15) is 0 Å². The third kappa shape index (κ3) is 4.08. The third-order valence-electron chi connectivity index (χ3n) is 0.0781. The molecule has 0 amide bonds. The molecule has 2 nitrogen and oxygen atoms in total. The standard InChI is InChI=1S/CHNOS2/c3-1-2-5-4/h4H. The molecule has 0 unspecified atom stereocenters. The minimum absolute atomic E-state index is 0.797. The Labute approximate surface area is 38.6 Å². The molecule has 0 radical (unpaired) electrons. The lowest BCUT2D eigenvalue weighted by atomic mass is 11.7. The van der Waals surface area contributed by atoms with Crippen LogP contribution in [-0.4, -0.2) is 6.08 Å². The first-order chi connectivity index (χ1) is 2.41. The number of nitrogens with zero attached hydrogens (tertiary/aromatic N) is 1. The first-order valence-electron chi connectivity index (χ1n) is 0.793. The van der Waals surface area contributed by atoms with E-state index in [2.05, 4.69) is 16.1 Å². The molecule has 0 saturated heterocycles. The van der Waals surface area contributed by atoms with Crippen molar-refractivity contribution >= 4 is 28.7 Å². The van der Waals surface area contributed by atoms with E-state index < -0.39 is 0 Å². The normalized spacial score (nSPS) is 5.80. The van der Waals surface area contributed by atoms with Crippen LogP contribution in [0, 0.1) is 0 Å². The molecule has 5 heavy (non-hydrogen) atoms. The van der Waals surface area contributed by atoms with Gasteiger partial charge >= 0.3 is 0 Å². The average molecular weight is 107 g/mol. The van der Waals surface area contributed by atoms with Crippen molar-refractivity contribution in [3.05, 3.63) is 0 Å². The summed E-state index contributed by atoms with van der Waals surface area (Å²) in [5.41, 5.74) is 0. The Kier molecular flexibility index (Phi) is 4.15. The highest BCUT2D eigenvalue weighted by Gasteiger charge is 1.54. The van der Waals surface area contributed by atoms with Crippen molar-refractivity contribution in [3.63, 3.8) is 0 Å². The predicted molar refractivity (Wildman–Crippen MR) is 24.7 cm³/mol. The molecule has 0 aromatic heterocycles. The zero-order valence-electron chi connectivity index (χ0n) is 2.21. The van der Waals surface area contributed by atoms with Crippen molar-refractivity contribution in [2.45, 2.75) is 0 Å². The molecule has 0 N–H and O–H groups in total. The second-order valence-corrected chi connectivity index (χ2v) is 1.10. The first-order valence-corrected chi connectivity index (χ1v) is 2.62. The van der Waals surface area contributed by atoms with E-state index in [0.29, 0.717) is 0 Å². The molecule has 0 saturated carbocycles. The SMILES string of the molecule is O=C=NSS. The minimum Gasteiger partial charge on any atom is -0.210 e. The second kappa shape index (κ2) is 4.08. The molecule has 0 bridgehead atoms. The topological polar surface area (TPSA) is 29.4 Å². The molecule has 0 aliphatic rings. The van der Waals surface area contributed by atoms with E-state index in [1.165, 1.54) is 6.08 Å². The maximum absolute atomic E-state index is 9.04. The van der Waals surface area contributed by atoms with Gasteiger partial charge in [0.25, 0.3) is 0 Å². The van der Waals surface area contributed by atoms with Crippen LogP contribution in [-0.2, 0) is 4.79 Å². The zero-order chi connectivity index (χ0) is 4.12. The maximum atomic E-state index is 9.04. The van der Waals surface area contributed by atoms with Gasteiger partial charge in [-0.05, 0) is 0 Å². The average Bonchev–Trinajstić information content (AvgIpc) is 1.41. The van der Waals surface area contributed by atoms with Gasteiger partial charge in [-0.3, -0.25) is 0 Å². The van der Waals surface area contributed by atoms with Gasteiger partial charge in [0.15, 0.2) is 0 Å². The summed E-state index contributed by atoms with van der Waals surface area (Å²) >= 11 is 3.49. The van der Waals surface area contributed by atoms with Gasteiger partial charge in [0.2, 0.25) is 6.08 Å². The number of carbonyl (C=O) groups excluding carboxylic acids is 1. The fraction of sp³-hybridized carbons (Fsp3) is 0. The molecule has 0 aromatic rings. The van der Waals surface area contributed by atoms with E-state index >= 15 is 0 Å². The molecular weight excluding hydrogens is 106 g/mol. The third-order valence-corrected chi connectivity index (χ3v) is 0.479. The fourth-order valence-corrected chi connectivity index (χ4v) is 0.150. The summed E-state index contributed by atoms with van der Waals surface area (Å²) in [6, 6.07) is 0. The molecule has 0 aromatic carbocycles. The quantitative estimate of drug-likeness (QED) is 0.177. The lowest BCUT2D eigenvalue weighted by Crippen LogP contribution is -1.31. The predicted octanol–water partition coefficient (Wildman–Crippen LogP) is 0.815. The highest BCUT2D eigenvalue weighted by Crippen LogP contribution is 2.01. The van der Waals surface area contributed by atoms with Gasteiger partial charge in [0, 0.05) is 0 Å². The number of isocyanates is 1. The summed E-state index contributed by atoms with van der Waals surface area (Å²) in [4.78, 5) is 9.04. The zero-order valence-corrected chi connectivity index (χ0v) is 3.92. The molecular formula is CHNOS2. The molecule has 0 spiro atoms. The molecule has 0 aliphatic heterocycles. The Hall–Kier alpha value is 0.0800. The number of thiol groups is 1. The summed E-state index contributed by atoms with van der Waals surface area (Å²) < 4.78 is 2.95.